The van der Waals surface area contributed by atoms with Crippen LogP contribution in [0.3, 0.4) is 0 Å². The van der Waals surface area contributed by atoms with Gasteiger partial charge in [-0.2, -0.15) is 0 Å². The highest BCUT2D eigenvalue weighted by molar-refractivity contribution is 5.26. The number of fused-ring (bicyclic) bond motifs is 1. The Morgan fingerprint density at radius 1 is 1.27 bits per heavy atom. The van der Waals surface area contributed by atoms with Gasteiger partial charge < -0.3 is 5.11 Å². The summed E-state index contributed by atoms with van der Waals surface area (Å²) in [4.78, 5) is 0. The molecule has 7 atom stereocenters. The standard InChI is InChI=1S/C20H29FO/c1-14(22)10-16-13-19-8-2-4-17-5-3-9-20(17,19)12-15(11-19)6-7-18(16)21/h3,6-7,9,14-18,22H,2,4-5,8,10-13H2,1H3/b7-6-. The van der Waals surface area contributed by atoms with Gasteiger partial charge in [-0.15, -0.1) is 0 Å². The summed E-state index contributed by atoms with van der Waals surface area (Å²) in [5, 5.41) is 9.83. The number of alkyl halides is 1. The van der Waals surface area contributed by atoms with E-state index in [0.29, 0.717) is 23.2 Å². The second-order valence-electron chi connectivity index (χ2n) is 8.59. The zero-order valence-corrected chi connectivity index (χ0v) is 13.7. The molecule has 0 aromatic carbocycles. The van der Waals surface area contributed by atoms with Crippen molar-refractivity contribution in [1.29, 1.82) is 0 Å². The van der Waals surface area contributed by atoms with Gasteiger partial charge in [-0.3, -0.25) is 0 Å². The van der Waals surface area contributed by atoms with Gasteiger partial charge in [0.05, 0.1) is 6.10 Å². The Labute approximate surface area is 133 Å². The van der Waals surface area contributed by atoms with Crippen LogP contribution in [0.25, 0.3) is 0 Å². The van der Waals surface area contributed by atoms with Crippen LogP contribution in [0.5, 0.6) is 0 Å². The van der Waals surface area contributed by atoms with Crippen LogP contribution in [0.15, 0.2) is 24.3 Å². The summed E-state index contributed by atoms with van der Waals surface area (Å²) >= 11 is 0. The predicted octanol–water partition coefficient (Wildman–Crippen LogP) is 4.81. The van der Waals surface area contributed by atoms with E-state index in [2.05, 4.69) is 18.2 Å². The molecule has 4 aliphatic rings. The van der Waals surface area contributed by atoms with Gasteiger partial charge in [-0.05, 0) is 80.5 Å². The molecule has 0 saturated heterocycles. The van der Waals surface area contributed by atoms with Crippen LogP contribution < -0.4 is 0 Å². The lowest BCUT2D eigenvalue weighted by Crippen LogP contribution is -2.45. The fourth-order valence-corrected chi connectivity index (χ4v) is 6.64. The molecule has 0 radical (unpaired) electrons. The summed E-state index contributed by atoms with van der Waals surface area (Å²) in [6.07, 6.45) is 16.9. The molecular weight excluding hydrogens is 275 g/mol. The van der Waals surface area contributed by atoms with Gasteiger partial charge in [-0.1, -0.05) is 30.7 Å². The molecule has 2 bridgehead atoms. The van der Waals surface area contributed by atoms with E-state index in [0.717, 1.165) is 12.3 Å². The van der Waals surface area contributed by atoms with E-state index in [1.54, 1.807) is 6.92 Å². The average molecular weight is 304 g/mol. The van der Waals surface area contributed by atoms with Gasteiger partial charge in [0.2, 0.25) is 0 Å². The third kappa shape index (κ3) is 2.06. The summed E-state index contributed by atoms with van der Waals surface area (Å²) in [6, 6.07) is 0. The van der Waals surface area contributed by atoms with E-state index in [-0.39, 0.29) is 5.92 Å². The molecule has 1 nitrogen and oxygen atoms in total. The maximum absolute atomic E-state index is 14.7. The number of allylic oxidation sites excluding steroid dienone is 4. The summed E-state index contributed by atoms with van der Waals surface area (Å²) in [6.45, 7) is 1.80. The minimum Gasteiger partial charge on any atom is -0.393 e. The number of hydrogen-bond acceptors (Lipinski definition) is 1. The quantitative estimate of drug-likeness (QED) is 0.726. The van der Waals surface area contributed by atoms with Crippen molar-refractivity contribution < 1.29 is 9.50 Å². The van der Waals surface area contributed by atoms with E-state index in [1.807, 2.05) is 6.08 Å². The van der Waals surface area contributed by atoms with Crippen LogP contribution in [0.4, 0.5) is 4.39 Å². The third-order valence-electron chi connectivity index (χ3n) is 7.33. The van der Waals surface area contributed by atoms with Crippen molar-refractivity contribution in [3.05, 3.63) is 24.3 Å². The summed E-state index contributed by atoms with van der Waals surface area (Å²) in [7, 11) is 0. The monoisotopic (exact) mass is 304 g/mol. The summed E-state index contributed by atoms with van der Waals surface area (Å²) < 4.78 is 14.7. The predicted molar refractivity (Wildman–Crippen MR) is 87.1 cm³/mol. The number of halogens is 1. The Balaban J connectivity index is 1.73. The normalized spacial score (nSPS) is 52.5. The Kier molecular flexibility index (Phi) is 3.52. The van der Waals surface area contributed by atoms with Crippen LogP contribution in [0, 0.1) is 28.6 Å². The molecular formula is C20H29FO. The van der Waals surface area contributed by atoms with Crippen molar-refractivity contribution in [2.45, 2.75) is 70.6 Å². The molecule has 7 unspecified atom stereocenters. The number of hydrogen-bond donors (Lipinski definition) is 1. The number of aliphatic hydroxyl groups excluding tert-OH is 1. The first-order valence-electron chi connectivity index (χ1n) is 9.23. The Bertz CT molecular complexity index is 496. The maximum Gasteiger partial charge on any atom is 0.121 e. The zero-order valence-electron chi connectivity index (χ0n) is 13.7. The lowest BCUT2D eigenvalue weighted by molar-refractivity contribution is -0.0213. The molecule has 4 aliphatic carbocycles. The maximum atomic E-state index is 14.7. The number of aliphatic hydroxyl groups is 1. The Hall–Kier alpha value is -0.630. The van der Waals surface area contributed by atoms with Gasteiger partial charge in [0.25, 0.3) is 0 Å². The Morgan fingerprint density at radius 2 is 2.14 bits per heavy atom. The molecule has 1 N–H and O–H groups in total. The van der Waals surface area contributed by atoms with Crippen LogP contribution in [0.2, 0.25) is 0 Å². The van der Waals surface area contributed by atoms with Gasteiger partial charge >= 0.3 is 0 Å². The molecule has 0 amide bonds. The fourth-order valence-electron chi connectivity index (χ4n) is 6.64. The van der Waals surface area contributed by atoms with E-state index in [1.165, 1.54) is 38.5 Å². The Morgan fingerprint density at radius 3 is 2.95 bits per heavy atom. The first kappa shape index (κ1) is 14.9. The minimum absolute atomic E-state index is 0.0140. The molecule has 2 saturated carbocycles. The third-order valence-corrected chi connectivity index (χ3v) is 7.33. The van der Waals surface area contributed by atoms with E-state index in [4.69, 9.17) is 0 Å². The van der Waals surface area contributed by atoms with Crippen LogP contribution in [0.1, 0.15) is 58.3 Å². The molecule has 122 valence electrons. The zero-order chi connectivity index (χ0) is 15.4. The van der Waals surface area contributed by atoms with Crippen molar-refractivity contribution >= 4 is 0 Å². The first-order valence-corrected chi connectivity index (χ1v) is 9.23. The molecule has 0 aromatic rings. The molecule has 2 spiro atoms. The van der Waals surface area contributed by atoms with E-state index >= 15 is 0 Å². The lowest BCUT2D eigenvalue weighted by atomic mass is 9.52. The highest BCUT2D eigenvalue weighted by atomic mass is 19.1. The van der Waals surface area contributed by atoms with Crippen molar-refractivity contribution in [1.82, 2.24) is 0 Å². The van der Waals surface area contributed by atoms with Gasteiger partial charge in [0, 0.05) is 0 Å². The van der Waals surface area contributed by atoms with Gasteiger partial charge in [0.15, 0.2) is 0 Å². The van der Waals surface area contributed by atoms with Gasteiger partial charge in [0.1, 0.15) is 6.17 Å². The minimum atomic E-state index is -0.879. The molecule has 4 rings (SSSR count). The average Bonchev–Trinajstić information content (AvgIpc) is 3.01. The van der Waals surface area contributed by atoms with Crippen molar-refractivity contribution in [3.8, 4) is 0 Å². The largest absolute Gasteiger partial charge is 0.393 e. The van der Waals surface area contributed by atoms with Crippen molar-refractivity contribution in [3.63, 3.8) is 0 Å². The second kappa shape index (κ2) is 5.19. The van der Waals surface area contributed by atoms with Crippen LogP contribution in [-0.4, -0.2) is 17.4 Å². The second-order valence-corrected chi connectivity index (χ2v) is 8.59. The fraction of sp³-hybridized carbons (Fsp3) is 0.800. The van der Waals surface area contributed by atoms with Crippen LogP contribution >= 0.6 is 0 Å². The van der Waals surface area contributed by atoms with E-state index in [9.17, 15) is 9.50 Å². The highest BCUT2D eigenvalue weighted by Crippen LogP contribution is 2.71. The molecule has 0 aliphatic heterocycles. The van der Waals surface area contributed by atoms with Crippen molar-refractivity contribution in [2.75, 3.05) is 0 Å². The SMILES string of the molecule is CC(O)CC1CC23CCCC4CC=CC42CC(/C=C\C1F)C3. The molecule has 0 heterocycles. The topological polar surface area (TPSA) is 20.2 Å². The number of rotatable bonds is 2. The summed E-state index contributed by atoms with van der Waals surface area (Å²) in [5.41, 5.74) is 0.628. The van der Waals surface area contributed by atoms with Crippen LogP contribution in [-0.2, 0) is 0 Å². The molecule has 2 fully saturated rings. The van der Waals surface area contributed by atoms with Gasteiger partial charge in [-0.25, -0.2) is 4.39 Å². The molecule has 22 heavy (non-hydrogen) atoms. The first-order chi connectivity index (χ1) is 10.5. The van der Waals surface area contributed by atoms with E-state index < -0.39 is 12.3 Å². The highest BCUT2D eigenvalue weighted by Gasteiger charge is 2.62. The molecule has 2 heteroatoms. The summed E-state index contributed by atoms with van der Waals surface area (Å²) in [5.74, 6) is 1.34. The molecule has 0 aromatic heterocycles. The smallest absolute Gasteiger partial charge is 0.121 e. The lowest BCUT2D eigenvalue weighted by Gasteiger charge is -2.52. The van der Waals surface area contributed by atoms with Crippen molar-refractivity contribution in [2.24, 2.45) is 28.6 Å².